The second-order valence-corrected chi connectivity index (χ2v) is 7.05. The minimum Gasteiger partial charge on any atom is -0.465 e. The van der Waals surface area contributed by atoms with Crippen molar-refractivity contribution in [1.29, 1.82) is 0 Å². The zero-order valence-corrected chi connectivity index (χ0v) is 13.1. The van der Waals surface area contributed by atoms with Crippen LogP contribution in [-0.2, 0) is 16.0 Å². The topological polar surface area (TPSA) is 26.3 Å². The Bertz CT molecular complexity index is 464. The molecule has 0 bridgehead atoms. The van der Waals surface area contributed by atoms with E-state index < -0.39 is 0 Å². The van der Waals surface area contributed by atoms with Crippen LogP contribution in [0.15, 0.2) is 30.3 Å². The smallest absolute Gasteiger partial charge is 0.310 e. The van der Waals surface area contributed by atoms with Gasteiger partial charge in [-0.15, -0.1) is 0 Å². The van der Waals surface area contributed by atoms with Crippen molar-refractivity contribution in [1.82, 2.24) is 0 Å². The maximum absolute atomic E-state index is 12.0. The first-order valence-corrected chi connectivity index (χ1v) is 7.55. The summed E-state index contributed by atoms with van der Waals surface area (Å²) in [6.07, 6.45) is 2.73. The van der Waals surface area contributed by atoms with E-state index in [1.165, 1.54) is 6.42 Å². The van der Waals surface area contributed by atoms with Gasteiger partial charge < -0.3 is 4.74 Å². The lowest BCUT2D eigenvalue weighted by Gasteiger charge is -2.40. The van der Waals surface area contributed by atoms with Crippen molar-refractivity contribution >= 4 is 5.97 Å². The van der Waals surface area contributed by atoms with Crippen LogP contribution in [0.1, 0.15) is 46.1 Å². The van der Waals surface area contributed by atoms with Gasteiger partial charge in [-0.2, -0.15) is 0 Å². The lowest BCUT2D eigenvalue weighted by molar-refractivity contribution is -0.148. The third-order valence-electron chi connectivity index (χ3n) is 5.66. The van der Waals surface area contributed by atoms with Crippen LogP contribution >= 0.6 is 0 Å². The van der Waals surface area contributed by atoms with Crippen LogP contribution in [0.2, 0.25) is 0 Å². The van der Waals surface area contributed by atoms with Crippen molar-refractivity contribution in [2.75, 3.05) is 6.61 Å². The number of rotatable bonds is 4. The van der Waals surface area contributed by atoms with Gasteiger partial charge in [0, 0.05) is 5.41 Å². The third-order valence-corrected chi connectivity index (χ3v) is 5.66. The highest BCUT2D eigenvalue weighted by Gasteiger charge is 2.50. The van der Waals surface area contributed by atoms with E-state index >= 15 is 0 Å². The van der Waals surface area contributed by atoms with E-state index in [9.17, 15) is 4.79 Å². The first-order valence-electron chi connectivity index (χ1n) is 7.55. The van der Waals surface area contributed by atoms with Gasteiger partial charge in [-0.25, -0.2) is 0 Å². The molecular formula is C18H26O2. The fraction of sp³-hybridized carbons (Fsp3) is 0.611. The predicted molar refractivity (Wildman–Crippen MR) is 81.4 cm³/mol. The molecule has 1 aliphatic rings. The Balaban J connectivity index is 1.91. The standard InChI is InChI=1S/C18H26O2/c1-14-10-11-18(4,17(14,2)3)13-20-16(19)12-15-8-6-5-7-9-15/h5-9,14H,10-13H2,1-4H3/t14-,18+/m0/s1. The molecule has 1 aromatic rings. The van der Waals surface area contributed by atoms with Gasteiger partial charge in [0.25, 0.3) is 0 Å². The lowest BCUT2D eigenvalue weighted by atomic mass is 9.66. The molecule has 1 saturated carbocycles. The fourth-order valence-corrected chi connectivity index (χ4v) is 3.12. The monoisotopic (exact) mass is 274 g/mol. The molecule has 0 aromatic heterocycles. The highest BCUT2D eigenvalue weighted by molar-refractivity contribution is 5.72. The van der Waals surface area contributed by atoms with Crippen molar-refractivity contribution in [2.24, 2.45) is 16.7 Å². The molecule has 2 atom stereocenters. The molecule has 2 rings (SSSR count). The fourth-order valence-electron chi connectivity index (χ4n) is 3.12. The molecule has 0 aliphatic heterocycles. The van der Waals surface area contributed by atoms with Crippen LogP contribution in [-0.4, -0.2) is 12.6 Å². The quantitative estimate of drug-likeness (QED) is 0.768. The van der Waals surface area contributed by atoms with E-state index in [0.29, 0.717) is 18.9 Å². The Kier molecular flexibility index (Phi) is 4.22. The predicted octanol–water partition coefficient (Wildman–Crippen LogP) is 4.23. The summed E-state index contributed by atoms with van der Waals surface area (Å²) in [5, 5.41) is 0. The molecule has 110 valence electrons. The van der Waals surface area contributed by atoms with Gasteiger partial charge >= 0.3 is 5.97 Å². The van der Waals surface area contributed by atoms with E-state index in [1.807, 2.05) is 30.3 Å². The molecule has 1 aliphatic carbocycles. The summed E-state index contributed by atoms with van der Waals surface area (Å²) >= 11 is 0. The first-order chi connectivity index (χ1) is 9.35. The second-order valence-electron chi connectivity index (χ2n) is 7.05. The van der Waals surface area contributed by atoms with Crippen molar-refractivity contribution in [3.63, 3.8) is 0 Å². The summed E-state index contributed by atoms with van der Waals surface area (Å²) < 4.78 is 5.58. The number of benzene rings is 1. The summed E-state index contributed by atoms with van der Waals surface area (Å²) in [5.74, 6) is 0.563. The molecule has 2 heteroatoms. The Morgan fingerprint density at radius 2 is 1.90 bits per heavy atom. The number of hydrogen-bond acceptors (Lipinski definition) is 2. The van der Waals surface area contributed by atoms with Gasteiger partial charge in [0.05, 0.1) is 13.0 Å². The van der Waals surface area contributed by atoms with Gasteiger partial charge in [-0.1, -0.05) is 58.0 Å². The van der Waals surface area contributed by atoms with Gasteiger partial charge in [-0.05, 0) is 29.7 Å². The molecule has 0 heterocycles. The van der Waals surface area contributed by atoms with Crippen molar-refractivity contribution < 1.29 is 9.53 Å². The van der Waals surface area contributed by atoms with Crippen LogP contribution in [0.4, 0.5) is 0 Å². The minimum atomic E-state index is -0.118. The zero-order valence-electron chi connectivity index (χ0n) is 13.1. The molecule has 2 nitrogen and oxygen atoms in total. The van der Waals surface area contributed by atoms with Gasteiger partial charge in [0.1, 0.15) is 0 Å². The molecule has 0 saturated heterocycles. The summed E-state index contributed by atoms with van der Waals surface area (Å²) in [5.41, 5.74) is 1.33. The van der Waals surface area contributed by atoms with Gasteiger partial charge in [0.2, 0.25) is 0 Å². The van der Waals surface area contributed by atoms with Crippen molar-refractivity contribution in [3.8, 4) is 0 Å². The maximum Gasteiger partial charge on any atom is 0.310 e. The molecule has 20 heavy (non-hydrogen) atoms. The lowest BCUT2D eigenvalue weighted by Crippen LogP contribution is -2.38. The van der Waals surface area contributed by atoms with Crippen LogP contribution in [0.5, 0.6) is 0 Å². The Morgan fingerprint density at radius 1 is 1.25 bits per heavy atom. The molecule has 1 aromatic carbocycles. The number of hydrogen-bond donors (Lipinski definition) is 0. The highest BCUT2D eigenvalue weighted by atomic mass is 16.5. The molecule has 0 radical (unpaired) electrons. The molecule has 0 N–H and O–H groups in total. The molecule has 0 unspecified atom stereocenters. The summed E-state index contributed by atoms with van der Waals surface area (Å²) in [7, 11) is 0. The summed E-state index contributed by atoms with van der Waals surface area (Å²) in [6.45, 7) is 9.70. The van der Waals surface area contributed by atoms with E-state index in [-0.39, 0.29) is 16.8 Å². The Hall–Kier alpha value is -1.31. The molecule has 0 amide bonds. The number of ether oxygens (including phenoxy) is 1. The molecular weight excluding hydrogens is 248 g/mol. The normalized spacial score (nSPS) is 28.3. The molecule has 0 spiro atoms. The molecule has 1 fully saturated rings. The first kappa shape index (κ1) is 15.1. The van der Waals surface area contributed by atoms with Crippen LogP contribution in [0.25, 0.3) is 0 Å². The Labute approximate surface area is 122 Å². The third kappa shape index (κ3) is 2.89. The number of carbonyl (C=O) groups excluding carboxylic acids is 1. The van der Waals surface area contributed by atoms with Crippen molar-refractivity contribution in [2.45, 2.75) is 47.0 Å². The SMILES string of the molecule is C[C@H]1CC[C@](C)(COC(=O)Cc2ccccc2)C1(C)C. The summed E-state index contributed by atoms with van der Waals surface area (Å²) in [6, 6.07) is 9.78. The maximum atomic E-state index is 12.0. The average Bonchev–Trinajstić information content (AvgIpc) is 2.62. The van der Waals surface area contributed by atoms with E-state index in [1.54, 1.807) is 0 Å². The van der Waals surface area contributed by atoms with Gasteiger partial charge in [0.15, 0.2) is 0 Å². The average molecular weight is 274 g/mol. The highest BCUT2D eigenvalue weighted by Crippen LogP contribution is 2.55. The van der Waals surface area contributed by atoms with E-state index in [2.05, 4.69) is 27.7 Å². The number of esters is 1. The van der Waals surface area contributed by atoms with E-state index in [0.717, 1.165) is 12.0 Å². The minimum absolute atomic E-state index is 0.0960. The summed E-state index contributed by atoms with van der Waals surface area (Å²) in [4.78, 5) is 12.0. The van der Waals surface area contributed by atoms with Crippen molar-refractivity contribution in [3.05, 3.63) is 35.9 Å². The largest absolute Gasteiger partial charge is 0.465 e. The van der Waals surface area contributed by atoms with E-state index in [4.69, 9.17) is 4.74 Å². The number of carbonyl (C=O) groups is 1. The second kappa shape index (κ2) is 5.59. The zero-order chi connectivity index (χ0) is 14.8. The van der Waals surface area contributed by atoms with Crippen LogP contribution < -0.4 is 0 Å². The Morgan fingerprint density at radius 3 is 2.45 bits per heavy atom. The van der Waals surface area contributed by atoms with Gasteiger partial charge in [-0.3, -0.25) is 4.79 Å². The van der Waals surface area contributed by atoms with Crippen LogP contribution in [0.3, 0.4) is 0 Å². The van der Waals surface area contributed by atoms with Crippen LogP contribution in [0, 0.1) is 16.7 Å².